The van der Waals surface area contributed by atoms with Gasteiger partial charge in [0, 0.05) is 48.2 Å². The van der Waals surface area contributed by atoms with Crippen LogP contribution in [-0.4, -0.2) is 37.1 Å². The zero-order valence-corrected chi connectivity index (χ0v) is 15.3. The van der Waals surface area contributed by atoms with Crippen molar-refractivity contribution in [3.05, 3.63) is 53.5 Å². The first kappa shape index (κ1) is 16.2. The van der Waals surface area contributed by atoms with Crippen LogP contribution in [0.4, 0.5) is 0 Å². The van der Waals surface area contributed by atoms with E-state index in [1.165, 1.54) is 24.9 Å². The molecule has 2 aliphatic rings. The number of carbonyl (C=O) groups excluding carboxylic acids is 1. The molecular weight excluding hydrogens is 342 g/mol. The summed E-state index contributed by atoms with van der Waals surface area (Å²) in [4.78, 5) is 23.4. The van der Waals surface area contributed by atoms with Gasteiger partial charge in [-0.1, -0.05) is 0 Å². The summed E-state index contributed by atoms with van der Waals surface area (Å²) >= 11 is 0. The minimum atomic E-state index is 0.0344. The Morgan fingerprint density at radius 3 is 2.96 bits per heavy atom. The predicted octanol–water partition coefficient (Wildman–Crippen LogP) is 2.85. The molecule has 0 aromatic carbocycles. The fourth-order valence-electron chi connectivity index (χ4n) is 3.76. The number of hydrogen-bond acceptors (Lipinski definition) is 5. The lowest BCUT2D eigenvalue weighted by Gasteiger charge is -2.28. The molecule has 27 heavy (non-hydrogen) atoms. The third kappa shape index (κ3) is 3.03. The van der Waals surface area contributed by atoms with Crippen LogP contribution in [0, 0.1) is 12.8 Å². The maximum atomic E-state index is 13.0. The van der Waals surface area contributed by atoms with Crippen molar-refractivity contribution in [2.24, 2.45) is 5.92 Å². The first-order valence-electron chi connectivity index (χ1n) is 9.38. The lowest BCUT2D eigenvalue weighted by atomic mass is 10.0. The van der Waals surface area contributed by atoms with Gasteiger partial charge in [0.25, 0.3) is 5.91 Å². The Morgan fingerprint density at radius 1 is 1.33 bits per heavy atom. The second-order valence-electron chi connectivity index (χ2n) is 7.44. The SMILES string of the molecule is Cc1cc(C(=O)N2CCc3c(c(-c4cocn4)nn3CC3CC3)C2)ccn1. The molecule has 1 fully saturated rings. The molecule has 3 aromatic heterocycles. The number of nitrogens with zero attached hydrogens (tertiary/aromatic N) is 5. The molecule has 1 aliphatic carbocycles. The molecule has 5 rings (SSSR count). The standard InChI is InChI=1S/C20H21N5O2/c1-13-8-15(4-6-21-13)20(26)24-7-5-18-16(10-24)19(17-11-27-12-22-17)23-25(18)9-14-2-3-14/h4,6,8,11-12,14H,2-3,5,7,9-10H2,1H3. The van der Waals surface area contributed by atoms with Gasteiger partial charge in [-0.15, -0.1) is 0 Å². The van der Waals surface area contributed by atoms with Gasteiger partial charge in [-0.05, 0) is 37.8 Å². The lowest BCUT2D eigenvalue weighted by molar-refractivity contribution is 0.0733. The van der Waals surface area contributed by atoms with E-state index in [9.17, 15) is 4.79 Å². The largest absolute Gasteiger partial charge is 0.451 e. The van der Waals surface area contributed by atoms with Gasteiger partial charge in [0.05, 0.1) is 6.54 Å². The Kier molecular flexibility index (Phi) is 3.81. The summed E-state index contributed by atoms with van der Waals surface area (Å²) in [6, 6.07) is 3.62. The first-order valence-corrected chi connectivity index (χ1v) is 9.38. The van der Waals surface area contributed by atoms with Crippen LogP contribution in [0.25, 0.3) is 11.4 Å². The van der Waals surface area contributed by atoms with Gasteiger partial charge in [-0.25, -0.2) is 4.98 Å². The van der Waals surface area contributed by atoms with Crippen LogP contribution in [0.15, 0.2) is 35.4 Å². The monoisotopic (exact) mass is 363 g/mol. The first-order chi connectivity index (χ1) is 13.2. The molecule has 7 nitrogen and oxygen atoms in total. The summed E-state index contributed by atoms with van der Waals surface area (Å²) in [6.45, 7) is 4.09. The predicted molar refractivity (Wildman–Crippen MR) is 97.9 cm³/mol. The number of rotatable bonds is 4. The molecule has 1 amide bonds. The van der Waals surface area contributed by atoms with Gasteiger partial charge in [0.2, 0.25) is 0 Å². The fourth-order valence-corrected chi connectivity index (χ4v) is 3.76. The lowest BCUT2D eigenvalue weighted by Crippen LogP contribution is -2.36. The summed E-state index contributed by atoms with van der Waals surface area (Å²) in [5, 5.41) is 4.84. The highest BCUT2D eigenvalue weighted by atomic mass is 16.3. The fraction of sp³-hybridized carbons (Fsp3) is 0.400. The van der Waals surface area contributed by atoms with Gasteiger partial charge in [0.15, 0.2) is 6.39 Å². The van der Waals surface area contributed by atoms with E-state index >= 15 is 0 Å². The maximum absolute atomic E-state index is 13.0. The van der Waals surface area contributed by atoms with Gasteiger partial charge >= 0.3 is 0 Å². The highest BCUT2D eigenvalue weighted by Crippen LogP contribution is 2.34. The minimum Gasteiger partial charge on any atom is -0.451 e. The Bertz CT molecular complexity index is 988. The molecule has 3 aromatic rings. The van der Waals surface area contributed by atoms with E-state index in [0.717, 1.165) is 41.5 Å². The van der Waals surface area contributed by atoms with Crippen molar-refractivity contribution in [1.29, 1.82) is 0 Å². The minimum absolute atomic E-state index is 0.0344. The Morgan fingerprint density at radius 2 is 2.22 bits per heavy atom. The summed E-state index contributed by atoms with van der Waals surface area (Å²) in [5.41, 5.74) is 5.42. The van der Waals surface area contributed by atoms with Crippen LogP contribution in [0.3, 0.4) is 0 Å². The Balaban J connectivity index is 1.48. The number of hydrogen-bond donors (Lipinski definition) is 0. The quantitative estimate of drug-likeness (QED) is 0.712. The van der Waals surface area contributed by atoms with Gasteiger partial charge < -0.3 is 9.32 Å². The van der Waals surface area contributed by atoms with Gasteiger partial charge in [-0.3, -0.25) is 14.5 Å². The number of fused-ring (bicyclic) bond motifs is 1. The highest BCUT2D eigenvalue weighted by molar-refractivity contribution is 5.94. The molecule has 0 saturated heterocycles. The van der Waals surface area contributed by atoms with E-state index in [4.69, 9.17) is 9.52 Å². The highest BCUT2D eigenvalue weighted by Gasteiger charge is 2.31. The topological polar surface area (TPSA) is 77.0 Å². The zero-order valence-electron chi connectivity index (χ0n) is 15.3. The average molecular weight is 363 g/mol. The smallest absolute Gasteiger partial charge is 0.254 e. The van der Waals surface area contributed by atoms with Crippen molar-refractivity contribution >= 4 is 5.91 Å². The third-order valence-corrected chi connectivity index (χ3v) is 5.37. The van der Waals surface area contributed by atoms with E-state index in [1.54, 1.807) is 18.5 Å². The molecule has 0 N–H and O–H groups in total. The summed E-state index contributed by atoms with van der Waals surface area (Å²) < 4.78 is 7.31. The number of aryl methyl sites for hydroxylation is 1. The number of amides is 1. The van der Waals surface area contributed by atoms with E-state index in [-0.39, 0.29) is 5.91 Å². The van der Waals surface area contributed by atoms with Gasteiger partial charge in [0.1, 0.15) is 17.7 Å². The van der Waals surface area contributed by atoms with E-state index in [0.29, 0.717) is 18.7 Å². The molecule has 7 heteroatoms. The Labute approximate surface area is 157 Å². The van der Waals surface area contributed by atoms with E-state index in [1.807, 2.05) is 17.9 Å². The average Bonchev–Trinajstić information content (AvgIpc) is 3.19. The van der Waals surface area contributed by atoms with Crippen LogP contribution in [0.2, 0.25) is 0 Å². The van der Waals surface area contributed by atoms with Crippen LogP contribution < -0.4 is 0 Å². The van der Waals surface area contributed by atoms with Crippen LogP contribution in [0.5, 0.6) is 0 Å². The molecule has 4 heterocycles. The number of aromatic nitrogens is 4. The molecule has 0 bridgehead atoms. The molecule has 0 radical (unpaired) electrons. The number of carbonyl (C=O) groups is 1. The van der Waals surface area contributed by atoms with Crippen LogP contribution >= 0.6 is 0 Å². The van der Waals surface area contributed by atoms with Crippen LogP contribution in [-0.2, 0) is 19.5 Å². The van der Waals surface area contributed by atoms with Gasteiger partial charge in [-0.2, -0.15) is 5.10 Å². The van der Waals surface area contributed by atoms with E-state index < -0.39 is 0 Å². The normalized spacial score (nSPS) is 16.4. The van der Waals surface area contributed by atoms with Crippen molar-refractivity contribution in [2.45, 2.75) is 39.3 Å². The summed E-state index contributed by atoms with van der Waals surface area (Å²) in [5.74, 6) is 0.769. The molecular formula is C20H21N5O2. The number of pyridine rings is 1. The second kappa shape index (κ2) is 6.33. The van der Waals surface area contributed by atoms with Crippen molar-refractivity contribution < 1.29 is 9.21 Å². The van der Waals surface area contributed by atoms with Crippen LogP contribution in [0.1, 0.15) is 40.2 Å². The molecule has 1 saturated carbocycles. The Hall–Kier alpha value is -2.96. The third-order valence-electron chi connectivity index (χ3n) is 5.37. The number of oxazole rings is 1. The summed E-state index contributed by atoms with van der Waals surface area (Å²) in [7, 11) is 0. The second-order valence-corrected chi connectivity index (χ2v) is 7.44. The summed E-state index contributed by atoms with van der Waals surface area (Å²) in [6.07, 6.45) is 8.10. The molecule has 1 aliphatic heterocycles. The van der Waals surface area contributed by atoms with Crippen molar-refractivity contribution in [3.8, 4) is 11.4 Å². The van der Waals surface area contributed by atoms with E-state index in [2.05, 4.69) is 14.6 Å². The van der Waals surface area contributed by atoms with Crippen molar-refractivity contribution in [3.63, 3.8) is 0 Å². The maximum Gasteiger partial charge on any atom is 0.254 e. The molecule has 138 valence electrons. The zero-order chi connectivity index (χ0) is 18.4. The molecule has 0 spiro atoms. The van der Waals surface area contributed by atoms with Crippen molar-refractivity contribution in [2.75, 3.05) is 6.54 Å². The molecule has 0 atom stereocenters. The van der Waals surface area contributed by atoms with Crippen molar-refractivity contribution in [1.82, 2.24) is 24.6 Å². The molecule has 0 unspecified atom stereocenters.